The second kappa shape index (κ2) is 10.3. The van der Waals surface area contributed by atoms with Crippen LogP contribution in [0.1, 0.15) is 12.0 Å². The van der Waals surface area contributed by atoms with Gasteiger partial charge in [-0.3, -0.25) is 4.90 Å². The van der Waals surface area contributed by atoms with Crippen molar-refractivity contribution in [3.05, 3.63) is 29.5 Å². The van der Waals surface area contributed by atoms with Crippen molar-refractivity contribution in [3.63, 3.8) is 0 Å². The van der Waals surface area contributed by atoms with E-state index in [4.69, 9.17) is 4.74 Å². The maximum Gasteiger partial charge on any atom is 0.430 e. The number of sulfonamides is 1. The number of hydrogen-bond acceptors (Lipinski definition) is 11. The molecule has 3 aliphatic rings. The number of hydrogen-bond donors (Lipinski definition) is 2. The minimum atomic E-state index is -6.09. The summed E-state index contributed by atoms with van der Waals surface area (Å²) in [5, 5.41) is 21.6. The maximum absolute atomic E-state index is 13.3. The summed E-state index contributed by atoms with van der Waals surface area (Å²) in [6.45, 7) is 0.510. The summed E-state index contributed by atoms with van der Waals surface area (Å²) in [7, 11) is -3.98. The van der Waals surface area contributed by atoms with Crippen molar-refractivity contribution in [3.8, 4) is 0 Å². The van der Waals surface area contributed by atoms with Crippen LogP contribution >= 0.6 is 11.3 Å². The third kappa shape index (κ3) is 4.94. The van der Waals surface area contributed by atoms with Gasteiger partial charge in [0.15, 0.2) is 0 Å². The monoisotopic (exact) mass is 618 g/mol. The van der Waals surface area contributed by atoms with Gasteiger partial charge in [-0.15, -0.1) is 11.3 Å². The SMILES string of the molecule is O=S(=O)(c1nccs1)N1CCN(c2ncc(C(O)(C(F)(F)F)C(F)(F)F)cn2)[C@@H](CN2[C@@H]3COC[C@H]2[C@@H](O)C3)C1. The Balaban J connectivity index is 1.45. The molecule has 0 amide bonds. The predicted octanol–water partition coefficient (Wildman–Crippen LogP) is 0.959. The predicted molar refractivity (Wildman–Crippen MR) is 126 cm³/mol. The van der Waals surface area contributed by atoms with Gasteiger partial charge in [0.05, 0.1) is 31.4 Å². The third-order valence-corrected chi connectivity index (χ3v) is 10.5. The first-order valence-electron chi connectivity index (χ1n) is 12.0. The number of aromatic nitrogens is 3. The van der Waals surface area contributed by atoms with Gasteiger partial charge in [0.25, 0.3) is 15.6 Å². The number of rotatable bonds is 6. The zero-order valence-electron chi connectivity index (χ0n) is 20.5. The first-order chi connectivity index (χ1) is 18.6. The van der Waals surface area contributed by atoms with E-state index in [2.05, 4.69) is 15.0 Å². The number of aliphatic hydroxyl groups is 2. The Labute approximate surface area is 228 Å². The van der Waals surface area contributed by atoms with Crippen LogP contribution in [0.25, 0.3) is 0 Å². The highest BCUT2D eigenvalue weighted by atomic mass is 32.2. The lowest BCUT2D eigenvalue weighted by molar-refractivity contribution is -0.376. The highest BCUT2D eigenvalue weighted by Gasteiger charge is 2.71. The van der Waals surface area contributed by atoms with Gasteiger partial charge in [-0.1, -0.05) is 0 Å². The van der Waals surface area contributed by atoms with Crippen molar-refractivity contribution in [2.45, 2.75) is 52.9 Å². The molecule has 3 aliphatic heterocycles. The van der Waals surface area contributed by atoms with Gasteiger partial charge in [0.1, 0.15) is 0 Å². The number of fused-ring (bicyclic) bond motifs is 2. The number of ether oxygens (including phenoxy) is 1. The van der Waals surface area contributed by atoms with E-state index >= 15 is 0 Å². The van der Waals surface area contributed by atoms with E-state index in [0.29, 0.717) is 13.0 Å². The first kappa shape index (κ1) is 29.3. The molecule has 0 saturated carbocycles. The van der Waals surface area contributed by atoms with Crippen molar-refractivity contribution in [1.29, 1.82) is 0 Å². The van der Waals surface area contributed by atoms with Gasteiger partial charge in [-0.25, -0.2) is 23.4 Å². The summed E-state index contributed by atoms with van der Waals surface area (Å²) in [4.78, 5) is 14.8. The number of morpholine rings is 1. The normalized spacial score (nSPS) is 27.4. The Morgan fingerprint density at radius 2 is 1.73 bits per heavy atom. The number of nitrogens with zero attached hydrogens (tertiary/aromatic N) is 6. The number of halogens is 6. The lowest BCUT2D eigenvalue weighted by Crippen LogP contribution is -2.61. The summed E-state index contributed by atoms with van der Waals surface area (Å²) in [6, 6.07) is -1.24. The van der Waals surface area contributed by atoms with Crippen LogP contribution in [-0.2, 0) is 20.4 Å². The van der Waals surface area contributed by atoms with Crippen LogP contribution in [0.3, 0.4) is 0 Å². The molecule has 2 N–H and O–H groups in total. The van der Waals surface area contributed by atoms with E-state index in [1.165, 1.54) is 20.8 Å². The molecule has 0 aromatic carbocycles. The largest absolute Gasteiger partial charge is 0.430 e. The lowest BCUT2D eigenvalue weighted by atomic mass is 9.95. The van der Waals surface area contributed by atoms with Crippen molar-refractivity contribution < 1.29 is 49.7 Å². The van der Waals surface area contributed by atoms with E-state index in [1.54, 1.807) is 0 Å². The topological polar surface area (TPSA) is 132 Å². The smallest absolute Gasteiger partial charge is 0.391 e. The zero-order valence-corrected chi connectivity index (χ0v) is 22.1. The summed E-state index contributed by atoms with van der Waals surface area (Å²) in [5.41, 5.74) is -6.78. The van der Waals surface area contributed by atoms with Crippen molar-refractivity contribution in [2.75, 3.05) is 44.3 Å². The fourth-order valence-corrected chi connectivity index (χ4v) is 7.78. The van der Waals surface area contributed by atoms with E-state index < -0.39 is 45.7 Å². The molecule has 0 spiro atoms. The Morgan fingerprint density at radius 3 is 2.30 bits per heavy atom. The number of aliphatic hydroxyl groups excluding tert-OH is 1. The summed E-state index contributed by atoms with van der Waals surface area (Å²) in [6.07, 6.45) is -10.6. The summed E-state index contributed by atoms with van der Waals surface area (Å²) < 4.78 is 113. The molecular weight excluding hydrogens is 594 g/mol. The van der Waals surface area contributed by atoms with E-state index in [9.17, 15) is 45.0 Å². The van der Waals surface area contributed by atoms with Crippen molar-refractivity contribution in [1.82, 2.24) is 24.2 Å². The molecule has 3 fully saturated rings. The Kier molecular flexibility index (Phi) is 7.54. The Morgan fingerprint density at radius 1 is 1.05 bits per heavy atom. The molecule has 0 aliphatic carbocycles. The van der Waals surface area contributed by atoms with Crippen LogP contribution in [0.4, 0.5) is 32.3 Å². The second-order valence-corrected chi connectivity index (χ2v) is 12.8. The average Bonchev–Trinajstić information content (AvgIpc) is 3.48. The average molecular weight is 619 g/mol. The number of anilines is 1. The minimum Gasteiger partial charge on any atom is -0.391 e. The van der Waals surface area contributed by atoms with Crippen molar-refractivity contribution in [2.24, 2.45) is 0 Å². The molecular formula is C21H24F6N6O5S2. The van der Waals surface area contributed by atoms with Crippen molar-refractivity contribution >= 4 is 27.3 Å². The van der Waals surface area contributed by atoms with Gasteiger partial charge >= 0.3 is 12.4 Å². The fraction of sp³-hybridized carbons (Fsp3) is 0.667. The van der Waals surface area contributed by atoms with Gasteiger partial charge in [-0.2, -0.15) is 30.6 Å². The van der Waals surface area contributed by atoms with Crippen LogP contribution in [0.5, 0.6) is 0 Å². The molecule has 3 saturated heterocycles. The highest BCUT2D eigenvalue weighted by Crippen LogP contribution is 2.49. The van der Waals surface area contributed by atoms with E-state index in [0.717, 1.165) is 11.3 Å². The molecule has 0 radical (unpaired) electrons. The molecule has 2 aromatic rings. The lowest BCUT2D eigenvalue weighted by Gasteiger charge is -2.44. The minimum absolute atomic E-state index is 0.0420. The Hall–Kier alpha value is -2.16. The van der Waals surface area contributed by atoms with Gasteiger partial charge in [0.2, 0.25) is 10.3 Å². The number of thiazole rings is 1. The van der Waals surface area contributed by atoms with E-state index in [1.807, 2.05) is 4.90 Å². The van der Waals surface area contributed by atoms with Crippen LogP contribution in [0, 0.1) is 0 Å². The van der Waals surface area contributed by atoms with Gasteiger partial charge in [-0.05, 0) is 6.42 Å². The van der Waals surface area contributed by atoms with Crippen LogP contribution in [0.2, 0.25) is 0 Å². The molecule has 11 nitrogen and oxygen atoms in total. The Bertz CT molecular complexity index is 1280. The van der Waals surface area contributed by atoms with Gasteiger partial charge < -0.3 is 19.8 Å². The molecule has 4 atom stereocenters. The molecule has 2 aromatic heterocycles. The van der Waals surface area contributed by atoms with Crippen LogP contribution < -0.4 is 4.90 Å². The fourth-order valence-electron chi connectivity index (χ4n) is 5.34. The molecule has 222 valence electrons. The summed E-state index contributed by atoms with van der Waals surface area (Å²) >= 11 is 0.930. The molecule has 0 unspecified atom stereocenters. The van der Waals surface area contributed by atoms with Crippen LogP contribution in [0.15, 0.2) is 28.3 Å². The van der Waals surface area contributed by atoms with E-state index in [-0.39, 0.29) is 67.6 Å². The van der Waals surface area contributed by atoms with Crippen LogP contribution in [-0.4, -0.2) is 119 Å². The number of alkyl halides is 6. The second-order valence-electron chi connectivity index (χ2n) is 9.74. The molecule has 40 heavy (non-hydrogen) atoms. The molecule has 5 rings (SSSR count). The third-order valence-electron chi connectivity index (χ3n) is 7.42. The maximum atomic E-state index is 13.3. The summed E-state index contributed by atoms with van der Waals surface area (Å²) in [5.74, 6) is -0.243. The number of piperazine rings is 1. The highest BCUT2D eigenvalue weighted by molar-refractivity contribution is 7.91. The standard InChI is InChI=1S/C21H24F6N6O5S2/c22-20(23,24)19(35,21(25,26)27)12-6-29-17(30-7-12)32-3-2-31(40(36,37)18-28-1-4-39-18)8-14(32)9-33-13-5-16(34)15(33)11-38-10-13/h1,4,6-7,13-16,34-35H,2-3,5,8-11H2/t13-,14+,15-,16-/m0/s1. The molecule has 2 bridgehead atoms. The molecule has 19 heteroatoms. The quantitative estimate of drug-likeness (QED) is 0.452. The zero-order chi connectivity index (χ0) is 29.1. The molecule has 5 heterocycles. The van der Waals surface area contributed by atoms with Gasteiger partial charge in [0, 0.05) is 61.8 Å². The first-order valence-corrected chi connectivity index (χ1v) is 14.3.